The molecular weight excluding hydrogens is 306 g/mol. The first-order valence-electron chi connectivity index (χ1n) is 8.78. The van der Waals surface area contributed by atoms with E-state index in [1.54, 1.807) is 4.90 Å². The Morgan fingerprint density at radius 1 is 1.21 bits per heavy atom. The molecule has 1 aromatic carbocycles. The first-order chi connectivity index (χ1) is 11.6. The van der Waals surface area contributed by atoms with Crippen molar-refractivity contribution >= 4 is 11.7 Å². The van der Waals surface area contributed by atoms with E-state index in [0.717, 1.165) is 32.4 Å². The summed E-state index contributed by atoms with van der Waals surface area (Å²) in [7, 11) is 0. The lowest BCUT2D eigenvalue weighted by Gasteiger charge is -2.37. The maximum atomic E-state index is 12.2. The predicted octanol–water partition coefficient (Wildman–Crippen LogP) is 2.59. The number of piperazine rings is 1. The highest BCUT2D eigenvalue weighted by Crippen LogP contribution is 2.22. The summed E-state index contributed by atoms with van der Waals surface area (Å²) in [5.41, 5.74) is 6.34. The molecule has 2 fully saturated rings. The number of amides is 2. The van der Waals surface area contributed by atoms with E-state index in [1.807, 2.05) is 0 Å². The molecule has 1 N–H and O–H groups in total. The van der Waals surface area contributed by atoms with Crippen molar-refractivity contribution in [2.45, 2.75) is 39.4 Å². The quantitative estimate of drug-likeness (QED) is 0.864. The van der Waals surface area contributed by atoms with Crippen LogP contribution in [-0.4, -0.2) is 50.0 Å². The van der Waals surface area contributed by atoms with Crippen molar-refractivity contribution in [3.05, 3.63) is 29.3 Å². The fourth-order valence-corrected chi connectivity index (χ4v) is 3.20. The molecule has 24 heavy (non-hydrogen) atoms. The smallest absolute Gasteiger partial charge is 0.341 e. The number of carbonyl (C=O) groups is 1. The van der Waals surface area contributed by atoms with Crippen molar-refractivity contribution in [3.8, 4) is 0 Å². The second-order valence-corrected chi connectivity index (χ2v) is 6.59. The monoisotopic (exact) mass is 333 g/mol. The van der Waals surface area contributed by atoms with Crippen LogP contribution in [0, 0.1) is 13.8 Å². The first-order valence-corrected chi connectivity index (χ1v) is 8.78. The minimum atomic E-state index is -0.307. The summed E-state index contributed by atoms with van der Waals surface area (Å²) in [5, 5.41) is 0. The fourth-order valence-electron chi connectivity index (χ4n) is 3.20. The molecule has 2 amide bonds. The molecular formula is C18H27N3O3. The summed E-state index contributed by atoms with van der Waals surface area (Å²) < 4.78 is 5.45. The number of benzene rings is 1. The van der Waals surface area contributed by atoms with Gasteiger partial charge in [0.15, 0.2) is 6.29 Å². The minimum absolute atomic E-state index is 0.176. The Balaban J connectivity index is 1.47. The number of nitrogens with one attached hydrogen (secondary N) is 1. The molecule has 1 atom stereocenters. The van der Waals surface area contributed by atoms with Crippen molar-refractivity contribution in [3.63, 3.8) is 0 Å². The van der Waals surface area contributed by atoms with Crippen LogP contribution in [-0.2, 0) is 9.57 Å². The second-order valence-electron chi connectivity index (χ2n) is 6.59. The number of carbonyl (C=O) groups excluding carboxylic acids is 1. The normalized spacial score (nSPS) is 21.7. The number of aryl methyl sites for hydroxylation is 2. The maximum absolute atomic E-state index is 12.2. The largest absolute Gasteiger partial charge is 0.368 e. The number of urea groups is 1. The summed E-state index contributed by atoms with van der Waals surface area (Å²) in [6.45, 7) is 7.98. The van der Waals surface area contributed by atoms with Gasteiger partial charge in [-0.3, -0.25) is 0 Å². The molecule has 2 aliphatic rings. The van der Waals surface area contributed by atoms with E-state index in [9.17, 15) is 4.79 Å². The fraction of sp³-hybridized carbons (Fsp3) is 0.611. The molecule has 0 aliphatic carbocycles. The molecule has 0 aromatic heterocycles. The maximum Gasteiger partial charge on any atom is 0.341 e. The predicted molar refractivity (Wildman–Crippen MR) is 92.9 cm³/mol. The van der Waals surface area contributed by atoms with Crippen molar-refractivity contribution < 1.29 is 14.4 Å². The molecule has 132 valence electrons. The number of nitrogens with zero attached hydrogens (tertiary/aromatic N) is 2. The first kappa shape index (κ1) is 17.0. The Morgan fingerprint density at radius 3 is 2.71 bits per heavy atom. The van der Waals surface area contributed by atoms with Crippen LogP contribution in [0.2, 0.25) is 0 Å². The van der Waals surface area contributed by atoms with Gasteiger partial charge in [0.1, 0.15) is 0 Å². The molecule has 2 heterocycles. The lowest BCUT2D eigenvalue weighted by Crippen LogP contribution is -2.52. The summed E-state index contributed by atoms with van der Waals surface area (Å²) in [5.74, 6) is 0. The third kappa shape index (κ3) is 4.19. The van der Waals surface area contributed by atoms with Crippen LogP contribution in [0.15, 0.2) is 18.2 Å². The van der Waals surface area contributed by atoms with Gasteiger partial charge in [-0.25, -0.2) is 15.1 Å². The molecule has 0 saturated carbocycles. The number of hydrogen-bond acceptors (Lipinski definition) is 4. The zero-order valence-corrected chi connectivity index (χ0v) is 14.6. The van der Waals surface area contributed by atoms with Crippen LogP contribution in [0.5, 0.6) is 0 Å². The van der Waals surface area contributed by atoms with Crippen molar-refractivity contribution in [2.75, 3.05) is 37.7 Å². The second kappa shape index (κ2) is 7.85. The molecule has 2 aliphatic heterocycles. The highest BCUT2D eigenvalue weighted by molar-refractivity contribution is 5.73. The number of rotatable bonds is 3. The van der Waals surface area contributed by atoms with Crippen LogP contribution in [0.25, 0.3) is 0 Å². The van der Waals surface area contributed by atoms with Gasteiger partial charge in [-0.1, -0.05) is 12.1 Å². The van der Waals surface area contributed by atoms with Gasteiger partial charge in [-0.2, -0.15) is 0 Å². The Bertz CT molecular complexity index is 565. The van der Waals surface area contributed by atoms with Crippen molar-refractivity contribution in [2.24, 2.45) is 0 Å². The van der Waals surface area contributed by atoms with Gasteiger partial charge in [-0.15, -0.1) is 0 Å². The van der Waals surface area contributed by atoms with Gasteiger partial charge >= 0.3 is 6.03 Å². The zero-order valence-electron chi connectivity index (χ0n) is 14.6. The van der Waals surface area contributed by atoms with Crippen molar-refractivity contribution in [1.29, 1.82) is 0 Å². The van der Waals surface area contributed by atoms with Gasteiger partial charge in [0.25, 0.3) is 0 Å². The van der Waals surface area contributed by atoms with E-state index in [0.29, 0.717) is 19.7 Å². The van der Waals surface area contributed by atoms with Gasteiger partial charge in [0.2, 0.25) is 0 Å². The third-order valence-corrected chi connectivity index (χ3v) is 4.69. The number of hydroxylamine groups is 1. The minimum Gasteiger partial charge on any atom is -0.368 e. The van der Waals surface area contributed by atoms with E-state index in [1.165, 1.54) is 16.8 Å². The molecule has 1 aromatic rings. The van der Waals surface area contributed by atoms with E-state index < -0.39 is 0 Å². The van der Waals surface area contributed by atoms with E-state index >= 15 is 0 Å². The summed E-state index contributed by atoms with van der Waals surface area (Å²) in [4.78, 5) is 21.7. The van der Waals surface area contributed by atoms with E-state index in [-0.39, 0.29) is 12.3 Å². The Labute approximate surface area is 143 Å². The molecule has 3 rings (SSSR count). The lowest BCUT2D eigenvalue weighted by atomic mass is 10.1. The van der Waals surface area contributed by atoms with Gasteiger partial charge in [0.05, 0.1) is 0 Å². The molecule has 6 heteroatoms. The molecule has 0 unspecified atom stereocenters. The topological polar surface area (TPSA) is 54.0 Å². The van der Waals surface area contributed by atoms with E-state index in [2.05, 4.69) is 42.4 Å². The highest BCUT2D eigenvalue weighted by Gasteiger charge is 2.23. The van der Waals surface area contributed by atoms with E-state index in [4.69, 9.17) is 9.57 Å². The summed E-state index contributed by atoms with van der Waals surface area (Å²) in [6.07, 6.45) is 2.67. The van der Waals surface area contributed by atoms with Gasteiger partial charge in [0, 0.05) is 44.9 Å². The van der Waals surface area contributed by atoms with Crippen LogP contribution >= 0.6 is 0 Å². The van der Waals surface area contributed by atoms with Crippen LogP contribution < -0.4 is 10.4 Å². The number of ether oxygens (including phenoxy) is 1. The SMILES string of the molecule is Cc1ccc(C)c(N2CCN(C(=O)NO[C@@H]3CCCCO3)CC2)c1. The van der Waals surface area contributed by atoms with Gasteiger partial charge < -0.3 is 14.5 Å². The highest BCUT2D eigenvalue weighted by atomic mass is 16.8. The average Bonchev–Trinajstić information content (AvgIpc) is 2.63. The average molecular weight is 333 g/mol. The van der Waals surface area contributed by atoms with Crippen LogP contribution in [0.3, 0.4) is 0 Å². The zero-order chi connectivity index (χ0) is 16.9. The van der Waals surface area contributed by atoms with Crippen molar-refractivity contribution in [1.82, 2.24) is 10.4 Å². The molecule has 0 spiro atoms. The Morgan fingerprint density at radius 2 is 2.00 bits per heavy atom. The molecule has 2 saturated heterocycles. The van der Waals surface area contributed by atoms with Crippen LogP contribution in [0.1, 0.15) is 30.4 Å². The summed E-state index contributed by atoms with van der Waals surface area (Å²) in [6, 6.07) is 6.33. The van der Waals surface area contributed by atoms with Crippen LogP contribution in [0.4, 0.5) is 10.5 Å². The third-order valence-electron chi connectivity index (χ3n) is 4.69. The standard InChI is InChI=1S/C18H27N3O3/c1-14-6-7-15(2)16(13-14)20-8-10-21(11-9-20)18(22)19-24-17-5-3-4-12-23-17/h6-7,13,17H,3-5,8-12H2,1-2H3,(H,19,22)/t17-/m1/s1. The number of hydrogen-bond donors (Lipinski definition) is 1. The Kier molecular flexibility index (Phi) is 5.58. The molecule has 0 bridgehead atoms. The molecule has 6 nitrogen and oxygen atoms in total. The lowest BCUT2D eigenvalue weighted by molar-refractivity contribution is -0.187. The molecule has 0 radical (unpaired) electrons. The Hall–Kier alpha value is -1.79. The summed E-state index contributed by atoms with van der Waals surface area (Å²) >= 11 is 0. The number of anilines is 1. The van der Waals surface area contributed by atoms with Gasteiger partial charge in [-0.05, 0) is 43.9 Å².